The first-order valence-corrected chi connectivity index (χ1v) is 6.60. The summed E-state index contributed by atoms with van der Waals surface area (Å²) in [5.41, 5.74) is 0.569. The summed E-state index contributed by atoms with van der Waals surface area (Å²) in [7, 11) is -1.31. The summed E-state index contributed by atoms with van der Waals surface area (Å²) < 4.78 is 12.6. The van der Waals surface area contributed by atoms with Crippen LogP contribution in [0.2, 0.25) is 0 Å². The molecule has 2 rings (SSSR count). The summed E-state index contributed by atoms with van der Waals surface area (Å²) in [5.74, 6) is -0.319. The Kier molecular flexibility index (Phi) is 3.08. The molecule has 1 heterocycles. The maximum absolute atomic E-state index is 11.8. The molecule has 6 heteroatoms. The Morgan fingerprint density at radius 3 is 3.00 bits per heavy atom. The quantitative estimate of drug-likeness (QED) is 0.737. The van der Waals surface area contributed by atoms with Crippen molar-refractivity contribution in [2.75, 3.05) is 17.2 Å². The Morgan fingerprint density at radius 1 is 1.56 bits per heavy atom. The highest BCUT2D eigenvalue weighted by Crippen LogP contribution is 2.31. The lowest BCUT2D eigenvalue weighted by Crippen LogP contribution is -2.39. The highest BCUT2D eigenvalue weighted by molar-refractivity contribution is 9.10. The Labute approximate surface area is 103 Å². The molecule has 1 amide bonds. The van der Waals surface area contributed by atoms with Crippen LogP contribution in [-0.4, -0.2) is 22.4 Å². The number of fused-ring (bicyclic) bond motifs is 1. The fourth-order valence-electron chi connectivity index (χ4n) is 1.54. The number of amides is 1. The lowest BCUT2D eigenvalue weighted by atomic mass is 10.2. The van der Waals surface area contributed by atoms with Crippen LogP contribution in [0, 0.1) is 11.3 Å². The van der Waals surface area contributed by atoms with Crippen molar-refractivity contribution in [2.45, 2.75) is 4.90 Å². The van der Waals surface area contributed by atoms with Gasteiger partial charge in [-0.15, -0.1) is 0 Å². The number of benzene rings is 1. The molecule has 0 aromatic heterocycles. The SMILES string of the molecule is N#CCN1C(=O)CS(=O)c2cc(Br)ccc21. The Balaban J connectivity index is 2.55. The van der Waals surface area contributed by atoms with Gasteiger partial charge in [-0.3, -0.25) is 13.9 Å². The van der Waals surface area contributed by atoms with Crippen LogP contribution in [0.4, 0.5) is 5.69 Å². The fraction of sp³-hybridized carbons (Fsp3) is 0.200. The van der Waals surface area contributed by atoms with Gasteiger partial charge < -0.3 is 0 Å². The van der Waals surface area contributed by atoms with E-state index in [0.29, 0.717) is 10.6 Å². The minimum atomic E-state index is -1.31. The summed E-state index contributed by atoms with van der Waals surface area (Å²) in [5, 5.41) is 8.65. The molecule has 1 aliphatic heterocycles. The smallest absolute Gasteiger partial charge is 0.240 e. The van der Waals surface area contributed by atoms with E-state index in [4.69, 9.17) is 5.26 Å². The van der Waals surface area contributed by atoms with Gasteiger partial charge in [0.1, 0.15) is 12.3 Å². The molecule has 82 valence electrons. The lowest BCUT2D eigenvalue weighted by molar-refractivity contribution is -0.116. The molecule has 4 nitrogen and oxygen atoms in total. The van der Waals surface area contributed by atoms with Crippen LogP contribution >= 0.6 is 15.9 Å². The summed E-state index contributed by atoms with van der Waals surface area (Å²) in [6.45, 7) is -0.00926. The standard InChI is InChI=1S/C10H7BrN2O2S/c11-7-1-2-8-9(5-7)16(15)6-10(14)13(8)4-3-12/h1-2,5H,4,6H2. The molecule has 16 heavy (non-hydrogen) atoms. The minimum Gasteiger partial charge on any atom is -0.297 e. The van der Waals surface area contributed by atoms with E-state index in [1.807, 2.05) is 6.07 Å². The Bertz CT molecular complexity index is 524. The van der Waals surface area contributed by atoms with Gasteiger partial charge in [0.25, 0.3) is 0 Å². The lowest BCUT2D eigenvalue weighted by Gasteiger charge is -2.26. The maximum atomic E-state index is 11.8. The third-order valence-corrected chi connectivity index (χ3v) is 4.06. The normalized spacial score (nSPS) is 19.1. The second kappa shape index (κ2) is 4.36. The molecule has 0 fully saturated rings. The number of hydrogen-bond acceptors (Lipinski definition) is 3. The monoisotopic (exact) mass is 298 g/mol. The molecule has 0 saturated carbocycles. The van der Waals surface area contributed by atoms with E-state index < -0.39 is 10.8 Å². The van der Waals surface area contributed by atoms with Gasteiger partial charge >= 0.3 is 0 Å². The van der Waals surface area contributed by atoms with Crippen molar-refractivity contribution in [1.29, 1.82) is 5.26 Å². The van der Waals surface area contributed by atoms with Gasteiger partial charge in [-0.1, -0.05) is 15.9 Å². The van der Waals surface area contributed by atoms with E-state index in [2.05, 4.69) is 15.9 Å². The molecule has 1 aliphatic rings. The molecule has 0 aliphatic carbocycles. The van der Waals surface area contributed by atoms with Gasteiger partial charge in [-0.2, -0.15) is 5.26 Å². The Morgan fingerprint density at radius 2 is 2.31 bits per heavy atom. The number of nitriles is 1. The van der Waals surface area contributed by atoms with Gasteiger partial charge in [-0.05, 0) is 18.2 Å². The van der Waals surface area contributed by atoms with E-state index in [1.54, 1.807) is 18.2 Å². The summed E-state index contributed by atoms with van der Waals surface area (Å²) in [6.07, 6.45) is 0. The van der Waals surface area contributed by atoms with Crippen LogP contribution in [0.25, 0.3) is 0 Å². The van der Waals surface area contributed by atoms with E-state index in [1.165, 1.54) is 4.90 Å². The average Bonchev–Trinajstić information content (AvgIpc) is 2.24. The van der Waals surface area contributed by atoms with Crippen molar-refractivity contribution < 1.29 is 9.00 Å². The number of anilines is 1. The van der Waals surface area contributed by atoms with Crippen molar-refractivity contribution in [3.8, 4) is 6.07 Å². The van der Waals surface area contributed by atoms with Gasteiger partial charge in [-0.25, -0.2) is 0 Å². The van der Waals surface area contributed by atoms with Gasteiger partial charge in [0, 0.05) is 4.47 Å². The molecule has 0 bridgehead atoms. The van der Waals surface area contributed by atoms with Crippen LogP contribution in [0.15, 0.2) is 27.6 Å². The molecule has 1 aromatic rings. The topological polar surface area (TPSA) is 61.2 Å². The highest BCUT2D eigenvalue weighted by atomic mass is 79.9. The van der Waals surface area contributed by atoms with Crippen LogP contribution in [0.3, 0.4) is 0 Å². The summed E-state index contributed by atoms with van der Waals surface area (Å²) in [6, 6.07) is 7.12. The van der Waals surface area contributed by atoms with E-state index in [9.17, 15) is 9.00 Å². The second-order valence-corrected chi connectivity index (χ2v) is 5.58. The van der Waals surface area contributed by atoms with E-state index >= 15 is 0 Å². The van der Waals surface area contributed by atoms with Gasteiger partial charge in [0.15, 0.2) is 0 Å². The van der Waals surface area contributed by atoms with Gasteiger partial charge in [0.05, 0.1) is 27.5 Å². The molecule has 0 N–H and O–H groups in total. The van der Waals surface area contributed by atoms with Crippen molar-refractivity contribution in [1.82, 2.24) is 0 Å². The molecule has 1 unspecified atom stereocenters. The predicted molar refractivity (Wildman–Crippen MR) is 63.4 cm³/mol. The zero-order valence-electron chi connectivity index (χ0n) is 8.14. The zero-order chi connectivity index (χ0) is 11.7. The number of carbonyl (C=O) groups excluding carboxylic acids is 1. The fourth-order valence-corrected chi connectivity index (χ4v) is 3.26. The molecule has 1 atom stereocenters. The molecule has 0 saturated heterocycles. The van der Waals surface area contributed by atoms with E-state index in [-0.39, 0.29) is 18.2 Å². The van der Waals surface area contributed by atoms with Crippen molar-refractivity contribution in [3.05, 3.63) is 22.7 Å². The summed E-state index contributed by atoms with van der Waals surface area (Å²) >= 11 is 3.29. The molecule has 0 radical (unpaired) electrons. The number of rotatable bonds is 1. The van der Waals surface area contributed by atoms with Gasteiger partial charge in [0.2, 0.25) is 5.91 Å². The Hall–Kier alpha value is -1.19. The van der Waals surface area contributed by atoms with Crippen LogP contribution in [0.1, 0.15) is 0 Å². The van der Waals surface area contributed by atoms with Crippen molar-refractivity contribution in [2.24, 2.45) is 0 Å². The first-order chi connectivity index (χ1) is 7.63. The molecular formula is C10H7BrN2O2S. The first kappa shape index (κ1) is 11.3. The average molecular weight is 299 g/mol. The minimum absolute atomic E-state index is 0.00926. The maximum Gasteiger partial charge on any atom is 0.240 e. The van der Waals surface area contributed by atoms with Crippen LogP contribution in [0.5, 0.6) is 0 Å². The van der Waals surface area contributed by atoms with Crippen LogP contribution < -0.4 is 4.90 Å². The van der Waals surface area contributed by atoms with Crippen molar-refractivity contribution in [3.63, 3.8) is 0 Å². The summed E-state index contributed by atoms with van der Waals surface area (Å²) in [4.78, 5) is 13.6. The third kappa shape index (κ3) is 1.88. The van der Waals surface area contributed by atoms with E-state index in [0.717, 1.165) is 4.47 Å². The largest absolute Gasteiger partial charge is 0.297 e. The number of halogens is 1. The first-order valence-electron chi connectivity index (χ1n) is 4.48. The predicted octanol–water partition coefficient (Wildman–Crippen LogP) is 1.43. The molecule has 0 spiro atoms. The number of carbonyl (C=O) groups is 1. The van der Waals surface area contributed by atoms with Crippen molar-refractivity contribution >= 4 is 38.3 Å². The number of nitrogens with zero attached hydrogens (tertiary/aromatic N) is 2. The molecule has 1 aromatic carbocycles. The zero-order valence-corrected chi connectivity index (χ0v) is 10.5. The highest BCUT2D eigenvalue weighted by Gasteiger charge is 2.28. The third-order valence-electron chi connectivity index (χ3n) is 2.24. The van der Waals surface area contributed by atoms with Crippen LogP contribution in [-0.2, 0) is 15.6 Å². The second-order valence-electron chi connectivity index (χ2n) is 3.24. The molecular weight excluding hydrogens is 292 g/mol. The number of hydrogen-bond donors (Lipinski definition) is 0.